The number of nitrogens with one attached hydrogen (secondary N) is 1. The van der Waals surface area contributed by atoms with E-state index in [2.05, 4.69) is 5.32 Å². The Hall–Kier alpha value is -2.07. The molecule has 0 fully saturated rings. The highest BCUT2D eigenvalue weighted by Crippen LogP contribution is 2.31. The smallest absolute Gasteiger partial charge is 0.287 e. The summed E-state index contributed by atoms with van der Waals surface area (Å²) in [5.74, 6) is 0.667. The van der Waals surface area contributed by atoms with Gasteiger partial charge in [0.15, 0.2) is 5.76 Å². The Labute approximate surface area is 111 Å². The summed E-state index contributed by atoms with van der Waals surface area (Å²) in [5, 5.41) is 12.9. The van der Waals surface area contributed by atoms with Crippen molar-refractivity contribution < 1.29 is 14.3 Å². The van der Waals surface area contributed by atoms with Crippen molar-refractivity contribution in [2.24, 2.45) is 0 Å². The van der Waals surface area contributed by atoms with Crippen LogP contribution in [0.5, 0.6) is 0 Å². The van der Waals surface area contributed by atoms with E-state index < -0.39 is 6.10 Å². The van der Waals surface area contributed by atoms with Crippen molar-refractivity contribution in [2.45, 2.75) is 25.5 Å². The first-order valence-corrected chi connectivity index (χ1v) is 6.28. The molecule has 0 radical (unpaired) electrons. The lowest BCUT2D eigenvalue weighted by molar-refractivity contribution is 0.0830. The van der Waals surface area contributed by atoms with E-state index in [1.807, 2.05) is 24.3 Å². The number of hydrogen-bond acceptors (Lipinski definition) is 3. The van der Waals surface area contributed by atoms with Gasteiger partial charge in [-0.25, -0.2) is 0 Å². The molecule has 2 unspecified atom stereocenters. The minimum atomic E-state index is -0.586. The van der Waals surface area contributed by atoms with Crippen LogP contribution < -0.4 is 5.32 Å². The Bertz CT molecular complexity index is 617. The van der Waals surface area contributed by atoms with Crippen molar-refractivity contribution >= 4 is 5.91 Å². The molecule has 1 amide bonds. The number of amides is 1. The maximum atomic E-state index is 12.1. The van der Waals surface area contributed by atoms with Crippen LogP contribution >= 0.6 is 0 Å². The second-order valence-corrected chi connectivity index (χ2v) is 4.83. The summed E-state index contributed by atoms with van der Waals surface area (Å²) in [4.78, 5) is 12.1. The molecule has 1 aliphatic rings. The molecule has 1 aromatic heterocycles. The Balaban J connectivity index is 1.82. The Morgan fingerprint density at radius 3 is 2.84 bits per heavy atom. The van der Waals surface area contributed by atoms with Crippen LogP contribution in [0.2, 0.25) is 0 Å². The molecule has 3 rings (SSSR count). The third-order valence-corrected chi connectivity index (χ3v) is 3.45. The third-order valence-electron chi connectivity index (χ3n) is 3.45. The largest absolute Gasteiger partial charge is 0.456 e. The maximum Gasteiger partial charge on any atom is 0.287 e. The molecule has 0 saturated heterocycles. The molecular formula is C15H15NO3. The van der Waals surface area contributed by atoms with Gasteiger partial charge >= 0.3 is 0 Å². The summed E-state index contributed by atoms with van der Waals surface area (Å²) in [6, 6.07) is 10.8. The monoisotopic (exact) mass is 257 g/mol. The molecule has 19 heavy (non-hydrogen) atoms. The summed E-state index contributed by atoms with van der Waals surface area (Å²) in [7, 11) is 0. The highest BCUT2D eigenvalue weighted by Gasteiger charge is 2.32. The molecule has 2 aromatic rings. The molecule has 1 aromatic carbocycles. The van der Waals surface area contributed by atoms with Gasteiger partial charge in [0.1, 0.15) is 5.76 Å². The molecule has 0 aliphatic heterocycles. The fourth-order valence-electron chi connectivity index (χ4n) is 2.52. The molecule has 98 valence electrons. The lowest BCUT2D eigenvalue weighted by Gasteiger charge is -2.17. The van der Waals surface area contributed by atoms with Gasteiger partial charge in [-0.2, -0.15) is 0 Å². The first-order chi connectivity index (χ1) is 9.15. The van der Waals surface area contributed by atoms with Crippen molar-refractivity contribution in [3.05, 3.63) is 59.0 Å². The topological polar surface area (TPSA) is 62.5 Å². The van der Waals surface area contributed by atoms with E-state index in [0.29, 0.717) is 12.2 Å². The Kier molecular flexibility index (Phi) is 2.87. The zero-order chi connectivity index (χ0) is 13.4. The maximum absolute atomic E-state index is 12.1. The van der Waals surface area contributed by atoms with Crippen LogP contribution in [0, 0.1) is 6.92 Å². The first-order valence-electron chi connectivity index (χ1n) is 6.28. The molecule has 0 spiro atoms. The Morgan fingerprint density at radius 2 is 2.11 bits per heavy atom. The zero-order valence-corrected chi connectivity index (χ0v) is 10.6. The molecule has 4 nitrogen and oxygen atoms in total. The lowest BCUT2D eigenvalue weighted by Crippen LogP contribution is -2.33. The number of rotatable bonds is 2. The fraction of sp³-hybridized carbons (Fsp3) is 0.267. The van der Waals surface area contributed by atoms with Gasteiger partial charge in [0.05, 0.1) is 12.1 Å². The van der Waals surface area contributed by atoms with E-state index in [0.717, 1.165) is 11.1 Å². The van der Waals surface area contributed by atoms with Gasteiger partial charge in [-0.3, -0.25) is 4.79 Å². The van der Waals surface area contributed by atoms with E-state index in [1.165, 1.54) is 0 Å². The van der Waals surface area contributed by atoms with E-state index in [4.69, 9.17) is 4.42 Å². The van der Waals surface area contributed by atoms with E-state index in [9.17, 15) is 9.90 Å². The number of fused-ring (bicyclic) bond motifs is 1. The second kappa shape index (κ2) is 4.55. The standard InChI is InChI=1S/C15H15NO3/c1-9-6-7-13(19-9)15(18)16-14-11-5-3-2-4-10(11)8-12(14)17/h2-7,12,14,17H,8H2,1H3,(H,16,18). The number of aliphatic hydroxyl groups is 1. The van der Waals surface area contributed by atoms with Gasteiger partial charge < -0.3 is 14.8 Å². The predicted molar refractivity (Wildman–Crippen MR) is 69.8 cm³/mol. The molecule has 0 saturated carbocycles. The first kappa shape index (κ1) is 12.0. The van der Waals surface area contributed by atoms with Gasteiger partial charge in [-0.15, -0.1) is 0 Å². The van der Waals surface area contributed by atoms with Gasteiger partial charge in [0, 0.05) is 6.42 Å². The minimum Gasteiger partial charge on any atom is -0.456 e. The lowest BCUT2D eigenvalue weighted by atomic mass is 10.1. The summed E-state index contributed by atoms with van der Waals surface area (Å²) >= 11 is 0. The van der Waals surface area contributed by atoms with Crippen LogP contribution in [-0.4, -0.2) is 17.1 Å². The van der Waals surface area contributed by atoms with Crippen LogP contribution in [0.3, 0.4) is 0 Å². The van der Waals surface area contributed by atoms with E-state index >= 15 is 0 Å². The highest BCUT2D eigenvalue weighted by molar-refractivity contribution is 5.91. The normalized spacial score (nSPS) is 21.2. The predicted octanol–water partition coefficient (Wildman–Crippen LogP) is 1.98. The van der Waals surface area contributed by atoms with Gasteiger partial charge in [-0.05, 0) is 30.2 Å². The number of aliphatic hydroxyl groups excluding tert-OH is 1. The van der Waals surface area contributed by atoms with Gasteiger partial charge in [0.2, 0.25) is 0 Å². The quantitative estimate of drug-likeness (QED) is 0.864. The van der Waals surface area contributed by atoms with Crippen molar-refractivity contribution in [1.82, 2.24) is 5.32 Å². The average molecular weight is 257 g/mol. The molecule has 1 aliphatic carbocycles. The number of hydrogen-bond donors (Lipinski definition) is 2. The average Bonchev–Trinajstić information content (AvgIpc) is 2.95. The summed E-state index contributed by atoms with van der Waals surface area (Å²) in [6.45, 7) is 1.79. The zero-order valence-electron chi connectivity index (χ0n) is 10.6. The van der Waals surface area contributed by atoms with Gasteiger partial charge in [0.25, 0.3) is 5.91 Å². The van der Waals surface area contributed by atoms with Crippen molar-refractivity contribution in [3.8, 4) is 0 Å². The number of furan rings is 1. The van der Waals surface area contributed by atoms with E-state index in [-0.39, 0.29) is 17.7 Å². The second-order valence-electron chi connectivity index (χ2n) is 4.83. The highest BCUT2D eigenvalue weighted by atomic mass is 16.3. The van der Waals surface area contributed by atoms with E-state index in [1.54, 1.807) is 19.1 Å². The third kappa shape index (κ3) is 2.15. The summed E-state index contributed by atoms with van der Waals surface area (Å²) in [6.07, 6.45) is -0.0180. The van der Waals surface area contributed by atoms with Crippen molar-refractivity contribution in [1.29, 1.82) is 0 Å². The number of carbonyl (C=O) groups is 1. The summed E-state index contributed by atoms with van der Waals surface area (Å²) in [5.41, 5.74) is 2.06. The van der Waals surface area contributed by atoms with Crippen LogP contribution in [0.25, 0.3) is 0 Å². The van der Waals surface area contributed by atoms with Crippen molar-refractivity contribution in [2.75, 3.05) is 0 Å². The van der Waals surface area contributed by atoms with Crippen LogP contribution in [0.4, 0.5) is 0 Å². The number of benzene rings is 1. The molecule has 0 bridgehead atoms. The van der Waals surface area contributed by atoms with Crippen LogP contribution in [0.15, 0.2) is 40.8 Å². The molecule has 2 atom stereocenters. The molecular weight excluding hydrogens is 242 g/mol. The summed E-state index contributed by atoms with van der Waals surface area (Å²) < 4.78 is 5.29. The molecule has 1 heterocycles. The van der Waals surface area contributed by atoms with Crippen LogP contribution in [-0.2, 0) is 6.42 Å². The SMILES string of the molecule is Cc1ccc(C(=O)NC2c3ccccc3CC2O)o1. The molecule has 4 heteroatoms. The van der Waals surface area contributed by atoms with Crippen LogP contribution in [0.1, 0.15) is 33.5 Å². The number of aryl methyl sites for hydroxylation is 1. The van der Waals surface area contributed by atoms with Crippen molar-refractivity contribution in [3.63, 3.8) is 0 Å². The molecule has 2 N–H and O–H groups in total. The van der Waals surface area contributed by atoms with Gasteiger partial charge in [-0.1, -0.05) is 24.3 Å². The Morgan fingerprint density at radius 1 is 1.32 bits per heavy atom. The minimum absolute atomic E-state index is 0.272. The fourth-order valence-corrected chi connectivity index (χ4v) is 2.52. The number of carbonyl (C=O) groups excluding carboxylic acids is 1.